The molecular formula is C12H18NO+. The lowest BCUT2D eigenvalue weighted by Gasteiger charge is -2.14. The standard InChI is InChI=1S/C12H17NO/c1-14-12-7-3-2-6-11(12)10-13-8-4-5-9-13/h2-3,6-7H,4-5,8-10H2,1H3/p+1. The van der Waals surface area contributed by atoms with Crippen LogP contribution in [-0.2, 0) is 6.54 Å². The van der Waals surface area contributed by atoms with Crippen molar-refractivity contribution < 1.29 is 9.64 Å². The van der Waals surface area contributed by atoms with Crippen LogP contribution in [0.5, 0.6) is 5.75 Å². The van der Waals surface area contributed by atoms with Gasteiger partial charge in [0.15, 0.2) is 0 Å². The van der Waals surface area contributed by atoms with Crippen molar-refractivity contribution >= 4 is 0 Å². The van der Waals surface area contributed by atoms with Crippen LogP contribution in [-0.4, -0.2) is 20.2 Å². The Morgan fingerprint density at radius 1 is 1.21 bits per heavy atom. The number of methoxy groups -OCH3 is 1. The molecule has 76 valence electrons. The average Bonchev–Trinajstić information content (AvgIpc) is 2.71. The van der Waals surface area contributed by atoms with E-state index in [9.17, 15) is 0 Å². The zero-order valence-corrected chi connectivity index (χ0v) is 8.75. The van der Waals surface area contributed by atoms with Crippen LogP contribution in [0.2, 0.25) is 0 Å². The maximum absolute atomic E-state index is 5.34. The van der Waals surface area contributed by atoms with Crippen LogP contribution in [0.15, 0.2) is 24.3 Å². The lowest BCUT2D eigenvalue weighted by atomic mass is 10.2. The van der Waals surface area contributed by atoms with E-state index in [1.807, 2.05) is 12.1 Å². The Hall–Kier alpha value is -1.02. The van der Waals surface area contributed by atoms with Gasteiger partial charge in [-0.3, -0.25) is 0 Å². The van der Waals surface area contributed by atoms with E-state index >= 15 is 0 Å². The number of quaternary nitrogens is 1. The fourth-order valence-electron chi connectivity index (χ4n) is 2.17. The van der Waals surface area contributed by atoms with E-state index in [-0.39, 0.29) is 0 Å². The molecule has 0 unspecified atom stereocenters. The second-order valence-corrected chi connectivity index (χ2v) is 3.95. The SMILES string of the molecule is COc1ccccc1C[NH+]1CCCC1. The number of benzene rings is 1. The number of ether oxygens (including phenoxy) is 1. The molecule has 1 aromatic carbocycles. The van der Waals surface area contributed by atoms with Gasteiger partial charge >= 0.3 is 0 Å². The van der Waals surface area contributed by atoms with E-state index in [1.165, 1.54) is 31.5 Å². The van der Waals surface area contributed by atoms with Crippen LogP contribution in [0.4, 0.5) is 0 Å². The van der Waals surface area contributed by atoms with Gasteiger partial charge in [0.1, 0.15) is 12.3 Å². The zero-order valence-electron chi connectivity index (χ0n) is 8.75. The molecule has 1 aliphatic rings. The van der Waals surface area contributed by atoms with Gasteiger partial charge in [-0.25, -0.2) is 0 Å². The Morgan fingerprint density at radius 3 is 2.64 bits per heavy atom. The number of hydrogen-bond donors (Lipinski definition) is 1. The van der Waals surface area contributed by atoms with Crippen molar-refractivity contribution in [2.75, 3.05) is 20.2 Å². The smallest absolute Gasteiger partial charge is 0.127 e. The minimum Gasteiger partial charge on any atom is -0.496 e. The van der Waals surface area contributed by atoms with Gasteiger partial charge in [0.05, 0.1) is 20.2 Å². The summed E-state index contributed by atoms with van der Waals surface area (Å²) in [5.41, 5.74) is 1.34. The van der Waals surface area contributed by atoms with Gasteiger partial charge < -0.3 is 9.64 Å². The Kier molecular flexibility index (Phi) is 3.04. The first-order valence-corrected chi connectivity index (χ1v) is 5.35. The van der Waals surface area contributed by atoms with Gasteiger partial charge in [-0.2, -0.15) is 0 Å². The van der Waals surface area contributed by atoms with Crippen molar-refractivity contribution in [3.05, 3.63) is 29.8 Å². The highest BCUT2D eigenvalue weighted by atomic mass is 16.5. The highest BCUT2D eigenvalue weighted by Gasteiger charge is 2.16. The Bertz CT molecular complexity index is 292. The van der Waals surface area contributed by atoms with Gasteiger partial charge in [-0.15, -0.1) is 0 Å². The first-order chi connectivity index (χ1) is 6.90. The summed E-state index contributed by atoms with van der Waals surface area (Å²) in [4.78, 5) is 1.69. The van der Waals surface area contributed by atoms with E-state index in [2.05, 4.69) is 12.1 Å². The lowest BCUT2D eigenvalue weighted by molar-refractivity contribution is -0.901. The summed E-state index contributed by atoms with van der Waals surface area (Å²) in [5, 5.41) is 0. The molecule has 0 aliphatic carbocycles. The third-order valence-corrected chi connectivity index (χ3v) is 2.94. The molecule has 1 fully saturated rings. The normalized spacial score (nSPS) is 17.2. The molecule has 0 bridgehead atoms. The Morgan fingerprint density at radius 2 is 1.93 bits per heavy atom. The minimum atomic E-state index is 1.03. The molecular weight excluding hydrogens is 174 g/mol. The predicted molar refractivity (Wildman–Crippen MR) is 56.6 cm³/mol. The number of para-hydroxylation sites is 1. The largest absolute Gasteiger partial charge is 0.496 e. The third-order valence-electron chi connectivity index (χ3n) is 2.94. The monoisotopic (exact) mass is 192 g/mol. The van der Waals surface area contributed by atoms with Gasteiger partial charge in [0.25, 0.3) is 0 Å². The quantitative estimate of drug-likeness (QED) is 0.750. The van der Waals surface area contributed by atoms with Crippen LogP contribution in [0, 0.1) is 0 Å². The van der Waals surface area contributed by atoms with Crippen LogP contribution in [0.3, 0.4) is 0 Å². The Balaban J connectivity index is 2.07. The van der Waals surface area contributed by atoms with Crippen molar-refractivity contribution in [2.24, 2.45) is 0 Å². The van der Waals surface area contributed by atoms with Crippen LogP contribution < -0.4 is 9.64 Å². The molecule has 1 aliphatic heterocycles. The maximum atomic E-state index is 5.34. The number of rotatable bonds is 3. The summed E-state index contributed by atoms with van der Waals surface area (Å²) in [5.74, 6) is 1.03. The Labute approximate surface area is 85.5 Å². The second kappa shape index (κ2) is 4.47. The number of nitrogens with one attached hydrogen (secondary N) is 1. The van der Waals surface area contributed by atoms with E-state index in [0.29, 0.717) is 0 Å². The molecule has 1 heterocycles. The van der Waals surface area contributed by atoms with Crippen LogP contribution in [0.25, 0.3) is 0 Å². The molecule has 14 heavy (non-hydrogen) atoms. The summed E-state index contributed by atoms with van der Waals surface area (Å²) >= 11 is 0. The summed E-state index contributed by atoms with van der Waals surface area (Å²) < 4.78 is 5.34. The first kappa shape index (κ1) is 9.53. The number of likely N-dealkylation sites (tertiary alicyclic amines) is 1. The van der Waals surface area contributed by atoms with Crippen molar-refractivity contribution in [1.29, 1.82) is 0 Å². The van der Waals surface area contributed by atoms with E-state index in [4.69, 9.17) is 4.74 Å². The minimum absolute atomic E-state index is 1.03. The van der Waals surface area contributed by atoms with Crippen molar-refractivity contribution in [1.82, 2.24) is 0 Å². The highest BCUT2D eigenvalue weighted by Crippen LogP contribution is 2.15. The topological polar surface area (TPSA) is 13.7 Å². The fourth-order valence-corrected chi connectivity index (χ4v) is 2.17. The summed E-state index contributed by atoms with van der Waals surface area (Å²) in [6, 6.07) is 8.34. The second-order valence-electron chi connectivity index (χ2n) is 3.95. The van der Waals surface area contributed by atoms with E-state index < -0.39 is 0 Å². The van der Waals surface area contributed by atoms with Gasteiger partial charge in [-0.05, 0) is 12.1 Å². The summed E-state index contributed by atoms with van der Waals surface area (Å²) in [6.45, 7) is 3.75. The zero-order chi connectivity index (χ0) is 9.80. The molecule has 2 nitrogen and oxygen atoms in total. The van der Waals surface area contributed by atoms with Crippen molar-refractivity contribution in [2.45, 2.75) is 19.4 Å². The molecule has 1 saturated heterocycles. The van der Waals surface area contributed by atoms with Crippen molar-refractivity contribution in [3.8, 4) is 5.75 Å². The molecule has 1 aromatic rings. The molecule has 1 N–H and O–H groups in total. The average molecular weight is 192 g/mol. The summed E-state index contributed by atoms with van der Waals surface area (Å²) in [7, 11) is 1.75. The van der Waals surface area contributed by atoms with Gasteiger partial charge in [0.2, 0.25) is 0 Å². The highest BCUT2D eigenvalue weighted by molar-refractivity contribution is 5.32. The molecule has 0 spiro atoms. The third kappa shape index (κ3) is 2.07. The summed E-state index contributed by atoms with van der Waals surface area (Å²) in [6.07, 6.45) is 2.76. The van der Waals surface area contributed by atoms with Crippen LogP contribution >= 0.6 is 0 Å². The van der Waals surface area contributed by atoms with Crippen LogP contribution in [0.1, 0.15) is 18.4 Å². The molecule has 0 aromatic heterocycles. The molecule has 2 heteroatoms. The van der Waals surface area contributed by atoms with E-state index in [1.54, 1.807) is 12.0 Å². The van der Waals surface area contributed by atoms with Crippen molar-refractivity contribution in [3.63, 3.8) is 0 Å². The molecule has 0 radical (unpaired) electrons. The molecule has 0 amide bonds. The molecule has 0 saturated carbocycles. The fraction of sp³-hybridized carbons (Fsp3) is 0.500. The predicted octanol–water partition coefficient (Wildman–Crippen LogP) is 0.874. The van der Waals surface area contributed by atoms with E-state index in [0.717, 1.165) is 12.3 Å². The lowest BCUT2D eigenvalue weighted by Crippen LogP contribution is -3.08. The first-order valence-electron chi connectivity index (χ1n) is 5.35. The van der Waals surface area contributed by atoms with Gasteiger partial charge in [-0.1, -0.05) is 12.1 Å². The maximum Gasteiger partial charge on any atom is 0.127 e. The van der Waals surface area contributed by atoms with Gasteiger partial charge in [0, 0.05) is 18.4 Å². The molecule has 0 atom stereocenters. The molecule has 2 rings (SSSR count). The number of hydrogen-bond acceptors (Lipinski definition) is 1.